The molecule has 0 unspecified atom stereocenters. The van der Waals surface area contributed by atoms with Crippen LogP contribution >= 0.6 is 0 Å². The molecule has 0 amide bonds. The molecule has 4 aromatic rings. The first-order valence-corrected chi connectivity index (χ1v) is 10.3. The van der Waals surface area contributed by atoms with Crippen molar-refractivity contribution < 1.29 is 14.3 Å². The molecule has 0 aliphatic carbocycles. The summed E-state index contributed by atoms with van der Waals surface area (Å²) >= 11 is 0. The van der Waals surface area contributed by atoms with Crippen molar-refractivity contribution in [1.82, 2.24) is 9.97 Å². The van der Waals surface area contributed by atoms with Crippen LogP contribution in [-0.2, 0) is 9.53 Å². The Kier molecular flexibility index (Phi) is 6.17. The fourth-order valence-corrected chi connectivity index (χ4v) is 3.24. The molecule has 158 valence electrons. The standard InChI is InChI=1S/C27H22N2O3/c1-18-7-11-20(12-8-18)26(31)27(21-13-9-19(2)10-14-21)32-25(30)16-15-22-17-28-23-5-3-4-6-24(23)29-22/h3-17,27H,1-2H3/b16-15+/t27-/m0/s1. The maximum Gasteiger partial charge on any atom is 0.331 e. The largest absolute Gasteiger partial charge is 0.446 e. The number of benzene rings is 3. The van der Waals surface area contributed by atoms with Crippen molar-refractivity contribution in [2.45, 2.75) is 20.0 Å². The number of aryl methyl sites for hydroxylation is 2. The minimum atomic E-state index is -1.04. The number of esters is 1. The van der Waals surface area contributed by atoms with Crippen molar-refractivity contribution in [3.8, 4) is 0 Å². The van der Waals surface area contributed by atoms with Gasteiger partial charge >= 0.3 is 5.97 Å². The maximum absolute atomic E-state index is 13.2. The van der Waals surface area contributed by atoms with Crippen LogP contribution in [0.3, 0.4) is 0 Å². The van der Waals surface area contributed by atoms with Crippen LogP contribution in [0.4, 0.5) is 0 Å². The van der Waals surface area contributed by atoms with Crippen molar-refractivity contribution >= 4 is 28.9 Å². The van der Waals surface area contributed by atoms with E-state index in [4.69, 9.17) is 4.74 Å². The van der Waals surface area contributed by atoms with Crippen molar-refractivity contribution in [2.75, 3.05) is 0 Å². The molecule has 5 heteroatoms. The molecule has 0 aliphatic heterocycles. The van der Waals surface area contributed by atoms with Gasteiger partial charge in [0.1, 0.15) is 0 Å². The van der Waals surface area contributed by atoms with Gasteiger partial charge < -0.3 is 4.74 Å². The number of Topliss-reactive ketones (excluding diaryl/α,β-unsaturated/α-hetero) is 1. The van der Waals surface area contributed by atoms with Gasteiger partial charge in [-0.05, 0) is 32.1 Å². The lowest BCUT2D eigenvalue weighted by Crippen LogP contribution is -2.19. The molecule has 5 nitrogen and oxygen atoms in total. The highest BCUT2D eigenvalue weighted by Gasteiger charge is 2.25. The first-order valence-electron chi connectivity index (χ1n) is 10.3. The smallest absolute Gasteiger partial charge is 0.331 e. The first-order chi connectivity index (χ1) is 15.5. The van der Waals surface area contributed by atoms with E-state index in [1.165, 1.54) is 12.2 Å². The minimum Gasteiger partial charge on any atom is -0.446 e. The summed E-state index contributed by atoms with van der Waals surface area (Å²) in [6.45, 7) is 3.91. The van der Waals surface area contributed by atoms with Crippen LogP contribution in [0.5, 0.6) is 0 Å². The zero-order valence-corrected chi connectivity index (χ0v) is 17.9. The highest BCUT2D eigenvalue weighted by Crippen LogP contribution is 2.24. The van der Waals surface area contributed by atoms with Gasteiger partial charge in [-0.25, -0.2) is 9.78 Å². The molecule has 0 saturated heterocycles. The molecule has 0 bridgehead atoms. The van der Waals surface area contributed by atoms with E-state index in [9.17, 15) is 9.59 Å². The number of carbonyl (C=O) groups excluding carboxylic acids is 2. The Morgan fingerprint density at radius 3 is 2.16 bits per heavy atom. The Morgan fingerprint density at radius 1 is 0.844 bits per heavy atom. The molecular weight excluding hydrogens is 400 g/mol. The first kappa shape index (κ1) is 21.1. The van der Waals surface area contributed by atoms with Crippen LogP contribution in [0.15, 0.2) is 85.1 Å². The molecule has 0 spiro atoms. The van der Waals surface area contributed by atoms with E-state index in [0.29, 0.717) is 16.8 Å². The van der Waals surface area contributed by atoms with Crippen LogP contribution in [-0.4, -0.2) is 21.7 Å². The Balaban J connectivity index is 1.57. The number of aromatic nitrogens is 2. The summed E-state index contributed by atoms with van der Waals surface area (Å²) in [5.41, 5.74) is 5.23. The molecule has 32 heavy (non-hydrogen) atoms. The van der Waals surface area contributed by atoms with Gasteiger partial charge in [0.25, 0.3) is 0 Å². The summed E-state index contributed by atoms with van der Waals surface area (Å²) in [4.78, 5) is 34.6. The van der Waals surface area contributed by atoms with Crippen molar-refractivity contribution in [1.29, 1.82) is 0 Å². The number of ketones is 1. The number of rotatable bonds is 6. The second kappa shape index (κ2) is 9.35. The highest BCUT2D eigenvalue weighted by molar-refractivity contribution is 6.01. The summed E-state index contributed by atoms with van der Waals surface area (Å²) in [6, 6.07) is 22.1. The zero-order valence-electron chi connectivity index (χ0n) is 17.9. The predicted molar refractivity (Wildman–Crippen MR) is 124 cm³/mol. The van der Waals surface area contributed by atoms with E-state index in [1.807, 2.05) is 62.4 Å². The number of nitrogens with zero attached hydrogens (tertiary/aromatic N) is 2. The zero-order chi connectivity index (χ0) is 22.5. The lowest BCUT2D eigenvalue weighted by atomic mass is 9.98. The molecule has 0 aliphatic rings. The summed E-state index contributed by atoms with van der Waals surface area (Å²) in [5, 5.41) is 0. The number of carbonyl (C=O) groups is 2. The van der Waals surface area contributed by atoms with Gasteiger partial charge in [0.15, 0.2) is 6.10 Å². The number of ether oxygens (including phenoxy) is 1. The average molecular weight is 422 g/mol. The summed E-state index contributed by atoms with van der Waals surface area (Å²) in [5.74, 6) is -0.910. The molecule has 3 aromatic carbocycles. The third kappa shape index (κ3) is 4.95. The van der Waals surface area contributed by atoms with Crippen molar-refractivity contribution in [3.05, 3.63) is 113 Å². The van der Waals surface area contributed by atoms with E-state index in [0.717, 1.165) is 22.2 Å². The van der Waals surface area contributed by atoms with Crippen molar-refractivity contribution in [3.63, 3.8) is 0 Å². The van der Waals surface area contributed by atoms with Crippen LogP contribution < -0.4 is 0 Å². The van der Waals surface area contributed by atoms with Crippen LogP contribution in [0.25, 0.3) is 17.1 Å². The molecule has 0 saturated carbocycles. The second-order valence-corrected chi connectivity index (χ2v) is 7.57. The average Bonchev–Trinajstić information content (AvgIpc) is 2.82. The second-order valence-electron chi connectivity index (χ2n) is 7.57. The number of fused-ring (bicyclic) bond motifs is 1. The summed E-state index contributed by atoms with van der Waals surface area (Å²) < 4.78 is 5.61. The monoisotopic (exact) mass is 422 g/mol. The Hall–Kier alpha value is -4.12. The highest BCUT2D eigenvalue weighted by atomic mass is 16.5. The summed E-state index contributed by atoms with van der Waals surface area (Å²) in [6.07, 6.45) is 3.34. The van der Waals surface area contributed by atoms with E-state index in [2.05, 4.69) is 9.97 Å². The Bertz CT molecular complexity index is 1290. The molecule has 0 N–H and O–H groups in total. The molecule has 0 radical (unpaired) electrons. The normalized spacial score (nSPS) is 12.1. The van der Waals surface area contributed by atoms with Gasteiger partial charge in [-0.2, -0.15) is 0 Å². The third-order valence-corrected chi connectivity index (χ3v) is 5.05. The molecule has 1 aromatic heterocycles. The molecule has 1 atom stereocenters. The molecule has 4 rings (SSSR count). The van der Waals surface area contributed by atoms with Crippen LogP contribution in [0.2, 0.25) is 0 Å². The SMILES string of the molecule is Cc1ccc(C(=O)[C@@H](OC(=O)/C=C/c2cnc3ccccc3n2)c2ccc(C)cc2)cc1. The number of hydrogen-bond acceptors (Lipinski definition) is 5. The topological polar surface area (TPSA) is 69.2 Å². The van der Waals surface area contributed by atoms with Crippen molar-refractivity contribution in [2.24, 2.45) is 0 Å². The van der Waals surface area contributed by atoms with Gasteiger partial charge in [0.2, 0.25) is 5.78 Å². The Labute approximate surface area is 186 Å². The number of hydrogen-bond donors (Lipinski definition) is 0. The van der Waals surface area contributed by atoms with E-state index < -0.39 is 12.1 Å². The maximum atomic E-state index is 13.2. The molecule has 1 heterocycles. The van der Waals surface area contributed by atoms with Crippen LogP contribution in [0, 0.1) is 13.8 Å². The number of para-hydroxylation sites is 2. The minimum absolute atomic E-state index is 0.277. The van der Waals surface area contributed by atoms with E-state index in [1.54, 1.807) is 30.5 Å². The van der Waals surface area contributed by atoms with Gasteiger partial charge in [-0.15, -0.1) is 0 Å². The predicted octanol–water partition coefficient (Wildman–Crippen LogP) is 5.43. The lowest BCUT2D eigenvalue weighted by Gasteiger charge is -2.17. The van der Waals surface area contributed by atoms with Crippen LogP contribution in [0.1, 0.15) is 38.8 Å². The van der Waals surface area contributed by atoms with Gasteiger partial charge in [-0.1, -0.05) is 71.8 Å². The van der Waals surface area contributed by atoms with Gasteiger partial charge in [-0.3, -0.25) is 9.78 Å². The van der Waals surface area contributed by atoms with E-state index >= 15 is 0 Å². The Morgan fingerprint density at radius 2 is 1.47 bits per heavy atom. The molecular formula is C27H22N2O3. The third-order valence-electron chi connectivity index (χ3n) is 5.05. The van der Waals surface area contributed by atoms with Gasteiger partial charge in [0, 0.05) is 17.2 Å². The fraction of sp³-hybridized carbons (Fsp3) is 0.111. The van der Waals surface area contributed by atoms with E-state index in [-0.39, 0.29) is 5.78 Å². The summed E-state index contributed by atoms with van der Waals surface area (Å²) in [7, 11) is 0. The fourth-order valence-electron chi connectivity index (χ4n) is 3.24. The quantitative estimate of drug-likeness (QED) is 0.235. The van der Waals surface area contributed by atoms with Gasteiger partial charge in [0.05, 0.1) is 22.9 Å². The lowest BCUT2D eigenvalue weighted by molar-refractivity contribution is -0.141. The molecule has 0 fully saturated rings.